The van der Waals surface area contributed by atoms with Crippen molar-refractivity contribution in [3.63, 3.8) is 0 Å². The Kier molecular flexibility index (Phi) is 5.58. The maximum atomic E-state index is 6.50. The zero-order valence-corrected chi connectivity index (χ0v) is 17.0. The van der Waals surface area contributed by atoms with E-state index in [2.05, 4.69) is 17.1 Å². The fourth-order valence-electron chi connectivity index (χ4n) is 4.51. The lowest BCUT2D eigenvalue weighted by Gasteiger charge is -2.15. The Morgan fingerprint density at radius 3 is 2.63 bits per heavy atom. The molecule has 2 aliphatic carbocycles. The van der Waals surface area contributed by atoms with Gasteiger partial charge in [0.2, 0.25) is 0 Å². The predicted octanol–water partition coefficient (Wildman–Crippen LogP) is 5.17. The topological polar surface area (TPSA) is 47.3 Å². The van der Waals surface area contributed by atoms with E-state index in [1.807, 2.05) is 19.9 Å². The van der Waals surface area contributed by atoms with Crippen LogP contribution in [-0.4, -0.2) is 24.4 Å². The summed E-state index contributed by atoms with van der Waals surface area (Å²) in [5, 5.41) is 8.51. The van der Waals surface area contributed by atoms with Gasteiger partial charge in [-0.2, -0.15) is 0 Å². The molecule has 1 aromatic heterocycles. The van der Waals surface area contributed by atoms with Crippen LogP contribution >= 0.6 is 11.6 Å². The van der Waals surface area contributed by atoms with Gasteiger partial charge in [-0.05, 0) is 70.0 Å². The van der Waals surface area contributed by atoms with Crippen LogP contribution in [0.25, 0.3) is 5.57 Å². The van der Waals surface area contributed by atoms with Gasteiger partial charge in [-0.25, -0.2) is 0 Å². The molecule has 0 radical (unpaired) electrons. The molecule has 4 rings (SSSR count). The van der Waals surface area contributed by atoms with Gasteiger partial charge in [0.1, 0.15) is 11.5 Å². The molecule has 0 amide bonds. The average Bonchev–Trinajstić information content (AvgIpc) is 3.10. The molecule has 3 atom stereocenters. The van der Waals surface area contributed by atoms with E-state index in [1.165, 1.54) is 0 Å². The second-order valence-corrected chi connectivity index (χ2v) is 8.54. The minimum atomic E-state index is 0.335. The molecule has 2 unspecified atom stereocenters. The van der Waals surface area contributed by atoms with Crippen molar-refractivity contribution >= 4 is 17.2 Å². The van der Waals surface area contributed by atoms with E-state index < -0.39 is 0 Å². The zero-order chi connectivity index (χ0) is 19.0. The normalized spacial score (nSPS) is 29.0. The number of nitrogens with one attached hydrogen (secondary N) is 1. The summed E-state index contributed by atoms with van der Waals surface area (Å²) in [6, 6.07) is 0. The van der Waals surface area contributed by atoms with Crippen molar-refractivity contribution in [1.29, 1.82) is 0 Å². The molecular weight excluding hydrogens is 360 g/mol. The maximum Gasteiger partial charge on any atom is 0.145 e. The molecule has 5 heteroatoms. The number of fused-ring (bicyclic) bond motifs is 1. The lowest BCUT2D eigenvalue weighted by atomic mass is 9.98. The van der Waals surface area contributed by atoms with Gasteiger partial charge >= 0.3 is 0 Å². The Hall–Kier alpha value is -1.36. The summed E-state index contributed by atoms with van der Waals surface area (Å²) in [7, 11) is 0. The summed E-state index contributed by atoms with van der Waals surface area (Å²) in [5.74, 6) is 3.01. The largest absolute Gasteiger partial charge is 0.373 e. The molecule has 0 aromatic carbocycles. The Balaban J connectivity index is 1.59. The van der Waals surface area contributed by atoms with Crippen LogP contribution in [0.15, 0.2) is 33.9 Å². The Morgan fingerprint density at radius 1 is 1.33 bits per heavy atom. The van der Waals surface area contributed by atoms with E-state index in [1.54, 1.807) is 6.08 Å². The van der Waals surface area contributed by atoms with Crippen LogP contribution in [-0.2, 0) is 11.3 Å². The SMILES string of the molecule is C=C/C(Cl)=C(\C(C)=C/C)c1noc(C2CC2)c1COC1CC2CNC[C@@H]2C1. The predicted molar refractivity (Wildman–Crippen MR) is 109 cm³/mol. The quantitative estimate of drug-likeness (QED) is 0.654. The molecule has 1 aromatic rings. The minimum Gasteiger partial charge on any atom is -0.373 e. The van der Waals surface area contributed by atoms with Gasteiger partial charge in [0.25, 0.3) is 0 Å². The van der Waals surface area contributed by atoms with Gasteiger partial charge < -0.3 is 14.6 Å². The molecule has 27 heavy (non-hydrogen) atoms. The molecule has 146 valence electrons. The fraction of sp³-hybridized carbons (Fsp3) is 0.591. The summed E-state index contributed by atoms with van der Waals surface area (Å²) < 4.78 is 12.2. The third kappa shape index (κ3) is 3.80. The number of allylic oxidation sites excluding steroid dienone is 5. The highest BCUT2D eigenvalue weighted by molar-refractivity contribution is 6.35. The number of hydrogen-bond acceptors (Lipinski definition) is 4. The third-order valence-electron chi connectivity index (χ3n) is 6.32. The van der Waals surface area contributed by atoms with Crippen LogP contribution in [0.1, 0.15) is 62.5 Å². The number of hydrogen-bond donors (Lipinski definition) is 1. The summed E-state index contributed by atoms with van der Waals surface area (Å²) in [4.78, 5) is 0. The number of ether oxygens (including phenoxy) is 1. The van der Waals surface area contributed by atoms with Gasteiger partial charge in [0.05, 0.1) is 12.7 Å². The van der Waals surface area contributed by atoms with Crippen molar-refractivity contribution in [3.05, 3.63) is 46.4 Å². The lowest BCUT2D eigenvalue weighted by Crippen LogP contribution is -2.16. The monoisotopic (exact) mass is 388 g/mol. The van der Waals surface area contributed by atoms with Crippen LogP contribution in [0.4, 0.5) is 0 Å². The van der Waals surface area contributed by atoms with E-state index in [4.69, 9.17) is 20.9 Å². The minimum absolute atomic E-state index is 0.335. The van der Waals surface area contributed by atoms with Crippen molar-refractivity contribution in [2.75, 3.05) is 13.1 Å². The molecule has 2 heterocycles. The summed E-state index contributed by atoms with van der Waals surface area (Å²) >= 11 is 6.50. The molecule has 3 aliphatic rings. The van der Waals surface area contributed by atoms with E-state index >= 15 is 0 Å². The van der Waals surface area contributed by atoms with Crippen molar-refractivity contribution in [2.24, 2.45) is 11.8 Å². The summed E-state index contributed by atoms with van der Waals surface area (Å²) in [6.45, 7) is 10.7. The average molecular weight is 389 g/mol. The second kappa shape index (κ2) is 7.94. The van der Waals surface area contributed by atoms with Crippen LogP contribution < -0.4 is 5.32 Å². The number of rotatable bonds is 7. The second-order valence-electron chi connectivity index (χ2n) is 8.13. The zero-order valence-electron chi connectivity index (χ0n) is 16.3. The van der Waals surface area contributed by atoms with Crippen molar-refractivity contribution in [3.8, 4) is 0 Å². The lowest BCUT2D eigenvalue weighted by molar-refractivity contribution is 0.0395. The highest BCUT2D eigenvalue weighted by Gasteiger charge is 2.39. The van der Waals surface area contributed by atoms with Crippen LogP contribution in [0.3, 0.4) is 0 Å². The highest BCUT2D eigenvalue weighted by Crippen LogP contribution is 2.45. The summed E-state index contributed by atoms with van der Waals surface area (Å²) in [5.41, 5.74) is 3.86. The van der Waals surface area contributed by atoms with E-state index in [-0.39, 0.29) is 0 Å². The van der Waals surface area contributed by atoms with E-state index in [0.717, 1.165) is 78.8 Å². The Labute approximate surface area is 166 Å². The van der Waals surface area contributed by atoms with Crippen molar-refractivity contribution < 1.29 is 9.26 Å². The van der Waals surface area contributed by atoms with Crippen LogP contribution in [0.5, 0.6) is 0 Å². The number of aromatic nitrogens is 1. The standard InChI is InChI=1S/C22H29ClN2O2/c1-4-13(3)20(19(23)5-2)21-18(22(27-25-21)14-6-7-14)12-26-17-8-15-10-24-11-16(15)9-17/h4-5,14-17,24H,2,6-12H2,1,3H3/b13-4-,20-19-/t15-,16?,17?/m0/s1. The molecule has 1 aliphatic heterocycles. The number of halogens is 1. The van der Waals surface area contributed by atoms with E-state index in [9.17, 15) is 0 Å². The molecule has 1 saturated heterocycles. The molecule has 3 fully saturated rings. The molecular formula is C22H29ClN2O2. The summed E-state index contributed by atoms with van der Waals surface area (Å²) in [6.07, 6.45) is 8.69. The first-order valence-electron chi connectivity index (χ1n) is 10.1. The van der Waals surface area contributed by atoms with Gasteiger partial charge in [-0.3, -0.25) is 0 Å². The first-order valence-corrected chi connectivity index (χ1v) is 10.5. The van der Waals surface area contributed by atoms with E-state index in [0.29, 0.717) is 23.7 Å². The van der Waals surface area contributed by atoms with Crippen molar-refractivity contribution in [1.82, 2.24) is 10.5 Å². The first kappa shape index (κ1) is 19.0. The molecule has 1 N–H and O–H groups in total. The molecule has 4 nitrogen and oxygen atoms in total. The molecule has 0 spiro atoms. The fourth-order valence-corrected chi connectivity index (χ4v) is 4.75. The Morgan fingerprint density at radius 2 is 2.04 bits per heavy atom. The van der Waals surface area contributed by atoms with Crippen LogP contribution in [0, 0.1) is 11.8 Å². The van der Waals surface area contributed by atoms with Crippen molar-refractivity contribution in [2.45, 2.75) is 58.2 Å². The van der Waals surface area contributed by atoms with Gasteiger partial charge in [0, 0.05) is 22.1 Å². The van der Waals surface area contributed by atoms with Crippen LogP contribution in [0.2, 0.25) is 0 Å². The Bertz CT molecular complexity index is 763. The van der Waals surface area contributed by atoms with Gasteiger partial charge in [-0.15, -0.1) is 0 Å². The van der Waals surface area contributed by atoms with Gasteiger partial charge in [0.15, 0.2) is 0 Å². The van der Waals surface area contributed by atoms with Gasteiger partial charge in [-0.1, -0.05) is 35.5 Å². The first-order chi connectivity index (χ1) is 13.1. The number of nitrogens with zero attached hydrogens (tertiary/aromatic N) is 1. The highest BCUT2D eigenvalue weighted by atomic mass is 35.5. The maximum absolute atomic E-state index is 6.50. The molecule has 0 bridgehead atoms. The molecule has 2 saturated carbocycles. The third-order valence-corrected chi connectivity index (χ3v) is 6.67. The smallest absolute Gasteiger partial charge is 0.145 e.